The molecule has 2 amide bonds. The first kappa shape index (κ1) is 16.1. The Morgan fingerprint density at radius 1 is 1.20 bits per heavy atom. The van der Waals surface area contributed by atoms with Gasteiger partial charge in [0.15, 0.2) is 5.06 Å². The lowest BCUT2D eigenvalue weighted by Crippen LogP contribution is -2.42. The number of thiophene rings is 1. The molecular formula is C18H19N3O3S. The number of rotatable bonds is 5. The van der Waals surface area contributed by atoms with Crippen LogP contribution in [0.5, 0.6) is 10.8 Å². The van der Waals surface area contributed by atoms with E-state index in [0.29, 0.717) is 33.3 Å². The van der Waals surface area contributed by atoms with Gasteiger partial charge in [0.1, 0.15) is 5.75 Å². The largest absolute Gasteiger partial charge is 0.446 e. The molecule has 0 radical (unpaired) electrons. The van der Waals surface area contributed by atoms with E-state index in [-0.39, 0.29) is 11.9 Å². The zero-order valence-corrected chi connectivity index (χ0v) is 14.3. The van der Waals surface area contributed by atoms with Crippen LogP contribution in [-0.2, 0) is 0 Å². The lowest BCUT2D eigenvalue weighted by atomic mass is 9.95. The number of fused-ring (bicyclic) bond motifs is 2. The van der Waals surface area contributed by atoms with Crippen LogP contribution in [0, 0.1) is 0 Å². The summed E-state index contributed by atoms with van der Waals surface area (Å²) in [6.07, 6.45) is 3.32. The summed E-state index contributed by atoms with van der Waals surface area (Å²) in [4.78, 5) is 24.5. The van der Waals surface area contributed by atoms with Gasteiger partial charge >= 0.3 is 0 Å². The van der Waals surface area contributed by atoms with Crippen molar-refractivity contribution in [1.82, 2.24) is 10.6 Å². The Morgan fingerprint density at radius 2 is 2.04 bits per heavy atom. The van der Waals surface area contributed by atoms with Crippen molar-refractivity contribution in [3.8, 4) is 10.8 Å². The Kier molecular flexibility index (Phi) is 4.19. The second-order valence-corrected chi connectivity index (χ2v) is 7.49. The molecular weight excluding hydrogens is 338 g/mol. The summed E-state index contributed by atoms with van der Waals surface area (Å²) >= 11 is 1.25. The van der Waals surface area contributed by atoms with Crippen molar-refractivity contribution in [2.24, 2.45) is 5.73 Å². The summed E-state index contributed by atoms with van der Waals surface area (Å²) in [5.41, 5.74) is 5.67. The van der Waals surface area contributed by atoms with E-state index < -0.39 is 5.91 Å². The molecule has 25 heavy (non-hydrogen) atoms. The van der Waals surface area contributed by atoms with Crippen molar-refractivity contribution in [2.75, 3.05) is 0 Å². The van der Waals surface area contributed by atoms with Gasteiger partial charge in [-0.15, -0.1) is 0 Å². The molecule has 0 saturated carbocycles. The van der Waals surface area contributed by atoms with Crippen molar-refractivity contribution in [1.29, 1.82) is 0 Å². The fourth-order valence-corrected chi connectivity index (χ4v) is 4.36. The summed E-state index contributed by atoms with van der Waals surface area (Å²) in [5.74, 6) is -0.239. The van der Waals surface area contributed by atoms with Crippen molar-refractivity contribution in [3.05, 3.63) is 46.8 Å². The van der Waals surface area contributed by atoms with Gasteiger partial charge < -0.3 is 21.1 Å². The maximum atomic E-state index is 12.5. The minimum absolute atomic E-state index is 0.0811. The maximum absolute atomic E-state index is 12.5. The third kappa shape index (κ3) is 3.25. The van der Waals surface area contributed by atoms with Crippen LogP contribution >= 0.6 is 11.3 Å². The minimum Gasteiger partial charge on any atom is -0.446 e. The molecule has 0 spiro atoms. The van der Waals surface area contributed by atoms with Gasteiger partial charge in [-0.1, -0.05) is 23.5 Å². The molecule has 130 valence electrons. The van der Waals surface area contributed by atoms with Crippen molar-refractivity contribution >= 4 is 23.2 Å². The van der Waals surface area contributed by atoms with E-state index in [1.165, 1.54) is 17.8 Å². The van der Waals surface area contributed by atoms with Gasteiger partial charge in [0, 0.05) is 18.1 Å². The average Bonchev–Trinajstić information content (AvgIpc) is 3.31. The predicted octanol–water partition coefficient (Wildman–Crippen LogP) is 2.26. The predicted molar refractivity (Wildman–Crippen MR) is 95.2 cm³/mol. The quantitative estimate of drug-likeness (QED) is 0.765. The van der Waals surface area contributed by atoms with Crippen molar-refractivity contribution in [2.45, 2.75) is 37.4 Å². The number of nitrogens with two attached hydrogens (primary N) is 1. The lowest BCUT2D eigenvalue weighted by molar-refractivity contribution is 0.0934. The second kappa shape index (κ2) is 6.50. The van der Waals surface area contributed by atoms with Crippen LogP contribution in [0.4, 0.5) is 0 Å². The van der Waals surface area contributed by atoms with Crippen LogP contribution in [0.3, 0.4) is 0 Å². The van der Waals surface area contributed by atoms with E-state index in [9.17, 15) is 9.59 Å². The number of para-hydroxylation sites is 1. The summed E-state index contributed by atoms with van der Waals surface area (Å²) < 4.78 is 5.75. The Bertz CT molecular complexity index is 819. The second-order valence-electron chi connectivity index (χ2n) is 6.44. The molecule has 0 aliphatic carbocycles. The Labute approximate surface area is 149 Å². The number of hydrogen-bond donors (Lipinski definition) is 3. The van der Waals surface area contributed by atoms with Gasteiger partial charge in [0.2, 0.25) is 0 Å². The molecule has 2 aromatic rings. The molecule has 2 aliphatic rings. The standard InChI is InChI=1S/C18H19N3O3S/c19-17(22)11-3-1-2-4-14(11)24-16-8-7-15(25-16)18(23)21-13-9-10-5-6-12(13)20-10/h1-4,7-8,10,12-13,20H,5-6,9H2,(H2,19,22)(H,21,23). The molecule has 7 heteroatoms. The van der Waals surface area contributed by atoms with E-state index in [1.54, 1.807) is 36.4 Å². The molecule has 2 bridgehead atoms. The highest BCUT2D eigenvalue weighted by atomic mass is 32.1. The molecule has 1 aromatic heterocycles. The van der Waals surface area contributed by atoms with Gasteiger partial charge in [-0.25, -0.2) is 0 Å². The summed E-state index contributed by atoms with van der Waals surface area (Å²) in [7, 11) is 0. The third-order valence-corrected chi connectivity index (χ3v) is 5.75. The SMILES string of the molecule is NC(=O)c1ccccc1Oc1ccc(C(=O)NC2CC3CCC2N3)s1. The Hall–Kier alpha value is -2.38. The molecule has 2 fully saturated rings. The van der Waals surface area contributed by atoms with E-state index in [2.05, 4.69) is 10.6 Å². The van der Waals surface area contributed by atoms with E-state index in [1.807, 2.05) is 0 Å². The number of benzene rings is 1. The molecule has 6 nitrogen and oxygen atoms in total. The number of ether oxygens (including phenoxy) is 1. The number of carbonyl (C=O) groups excluding carboxylic acids is 2. The first-order chi connectivity index (χ1) is 12.1. The minimum atomic E-state index is -0.547. The van der Waals surface area contributed by atoms with Crippen LogP contribution in [0.15, 0.2) is 36.4 Å². The highest BCUT2D eigenvalue weighted by molar-refractivity contribution is 7.15. The van der Waals surface area contributed by atoms with Crippen LogP contribution < -0.4 is 21.1 Å². The summed E-state index contributed by atoms with van der Waals surface area (Å²) in [6.45, 7) is 0. The molecule has 4 rings (SSSR count). The third-order valence-electron chi connectivity index (χ3n) is 4.78. The van der Waals surface area contributed by atoms with E-state index in [0.717, 1.165) is 12.8 Å². The highest BCUT2D eigenvalue weighted by Gasteiger charge is 2.39. The monoisotopic (exact) mass is 357 g/mol. The van der Waals surface area contributed by atoms with Gasteiger partial charge in [-0.2, -0.15) is 0 Å². The van der Waals surface area contributed by atoms with Crippen LogP contribution in [-0.4, -0.2) is 29.9 Å². The number of hydrogen-bond acceptors (Lipinski definition) is 5. The van der Waals surface area contributed by atoms with Gasteiger partial charge in [-0.3, -0.25) is 9.59 Å². The zero-order valence-electron chi connectivity index (χ0n) is 13.5. The van der Waals surface area contributed by atoms with Crippen LogP contribution in [0.1, 0.15) is 39.3 Å². The molecule has 4 N–H and O–H groups in total. The fourth-order valence-electron chi connectivity index (χ4n) is 3.59. The van der Waals surface area contributed by atoms with Gasteiger partial charge in [-0.05, 0) is 43.5 Å². The Balaban J connectivity index is 1.44. The maximum Gasteiger partial charge on any atom is 0.261 e. The van der Waals surface area contributed by atoms with Gasteiger partial charge in [0.05, 0.1) is 10.4 Å². The fraction of sp³-hybridized carbons (Fsp3) is 0.333. The number of carbonyl (C=O) groups is 2. The summed E-state index contributed by atoms with van der Waals surface area (Å²) in [5, 5.41) is 7.17. The zero-order chi connectivity index (χ0) is 17.4. The normalized spacial score (nSPS) is 24.2. The number of amides is 2. The summed E-state index contributed by atoms with van der Waals surface area (Å²) in [6, 6.07) is 11.4. The molecule has 2 aliphatic heterocycles. The molecule has 3 heterocycles. The molecule has 1 aromatic carbocycles. The van der Waals surface area contributed by atoms with Crippen molar-refractivity contribution in [3.63, 3.8) is 0 Å². The smallest absolute Gasteiger partial charge is 0.261 e. The molecule has 3 atom stereocenters. The van der Waals surface area contributed by atoms with Crippen molar-refractivity contribution < 1.29 is 14.3 Å². The highest BCUT2D eigenvalue weighted by Crippen LogP contribution is 2.32. The number of primary amides is 1. The topological polar surface area (TPSA) is 93.5 Å². The molecule has 3 unspecified atom stereocenters. The Morgan fingerprint density at radius 3 is 2.76 bits per heavy atom. The van der Waals surface area contributed by atoms with Crippen LogP contribution in [0.2, 0.25) is 0 Å². The molecule has 2 saturated heterocycles. The average molecular weight is 357 g/mol. The van der Waals surface area contributed by atoms with E-state index >= 15 is 0 Å². The first-order valence-corrected chi connectivity index (χ1v) is 9.15. The number of nitrogens with one attached hydrogen (secondary N) is 2. The van der Waals surface area contributed by atoms with Gasteiger partial charge in [0.25, 0.3) is 11.8 Å². The first-order valence-electron chi connectivity index (χ1n) is 8.33. The van der Waals surface area contributed by atoms with E-state index in [4.69, 9.17) is 10.5 Å². The van der Waals surface area contributed by atoms with Crippen LogP contribution in [0.25, 0.3) is 0 Å². The lowest BCUT2D eigenvalue weighted by Gasteiger charge is -2.20.